The Kier molecular flexibility index (Phi) is 3.62. The molecule has 2 aromatic rings. The fourth-order valence-electron chi connectivity index (χ4n) is 2.36. The molecule has 21 heavy (non-hydrogen) atoms. The number of benzene rings is 1. The van der Waals surface area contributed by atoms with Crippen LogP contribution in [-0.4, -0.2) is 31.7 Å². The highest BCUT2D eigenvalue weighted by Gasteiger charge is 2.33. The van der Waals surface area contributed by atoms with Gasteiger partial charge in [-0.3, -0.25) is 0 Å². The van der Waals surface area contributed by atoms with Gasteiger partial charge in [-0.25, -0.2) is 4.79 Å². The summed E-state index contributed by atoms with van der Waals surface area (Å²) in [7, 11) is 0. The minimum absolute atomic E-state index is 0.0122. The van der Waals surface area contributed by atoms with Crippen LogP contribution in [0.2, 0.25) is 0 Å². The number of nitriles is 1. The quantitative estimate of drug-likeness (QED) is 0.898. The van der Waals surface area contributed by atoms with E-state index in [1.807, 2.05) is 24.3 Å². The first-order valence-electron chi connectivity index (χ1n) is 6.48. The van der Waals surface area contributed by atoms with Crippen molar-refractivity contribution in [1.29, 1.82) is 5.26 Å². The molecule has 1 fully saturated rings. The van der Waals surface area contributed by atoms with E-state index >= 15 is 0 Å². The van der Waals surface area contributed by atoms with E-state index in [2.05, 4.69) is 21.5 Å². The number of carboxylic acids is 1. The van der Waals surface area contributed by atoms with E-state index in [-0.39, 0.29) is 5.69 Å². The van der Waals surface area contributed by atoms with E-state index < -0.39 is 5.97 Å². The van der Waals surface area contributed by atoms with Crippen molar-refractivity contribution in [3.05, 3.63) is 41.1 Å². The van der Waals surface area contributed by atoms with Crippen LogP contribution in [0.25, 0.3) is 0 Å². The summed E-state index contributed by atoms with van der Waals surface area (Å²) in [6.07, 6.45) is 1.95. The first-order chi connectivity index (χ1) is 10.2. The number of H-pyrrole nitrogens is 1. The standard InChI is InChI=1S/C14H12N4O2S/c15-7-8-1-3-9(4-2-8)10-5-11(6-10)21-13-12(14(19)20)16-18-17-13/h1-4,10-11H,5-6H2,(H,19,20)(H,16,17,18). The lowest BCUT2D eigenvalue weighted by Crippen LogP contribution is -2.24. The number of carboxylic acid groups (broad SMARTS) is 1. The van der Waals surface area contributed by atoms with Crippen LogP contribution in [0.3, 0.4) is 0 Å². The van der Waals surface area contributed by atoms with Crippen molar-refractivity contribution in [2.24, 2.45) is 0 Å². The van der Waals surface area contributed by atoms with Gasteiger partial charge in [0.05, 0.1) is 11.6 Å². The van der Waals surface area contributed by atoms with Gasteiger partial charge in [-0.05, 0) is 36.5 Å². The Labute approximate surface area is 125 Å². The number of thioether (sulfide) groups is 1. The smallest absolute Gasteiger partial charge is 0.359 e. The Morgan fingerprint density at radius 3 is 2.67 bits per heavy atom. The molecule has 6 nitrogen and oxygen atoms in total. The first-order valence-corrected chi connectivity index (χ1v) is 7.36. The van der Waals surface area contributed by atoms with Crippen molar-refractivity contribution in [3.63, 3.8) is 0 Å². The predicted molar refractivity (Wildman–Crippen MR) is 76.1 cm³/mol. The summed E-state index contributed by atoms with van der Waals surface area (Å²) in [5, 5.41) is 28.4. The maximum absolute atomic E-state index is 11.0. The molecular weight excluding hydrogens is 288 g/mol. The Balaban J connectivity index is 1.59. The third-order valence-electron chi connectivity index (χ3n) is 3.60. The SMILES string of the molecule is N#Cc1ccc(C2CC(Sc3n[nH]nc3C(=O)O)C2)cc1. The monoisotopic (exact) mass is 300 g/mol. The van der Waals surface area contributed by atoms with Gasteiger partial charge in [0.15, 0.2) is 5.03 Å². The zero-order valence-electron chi connectivity index (χ0n) is 11.0. The number of nitrogens with one attached hydrogen (secondary N) is 1. The highest BCUT2D eigenvalue weighted by atomic mass is 32.2. The van der Waals surface area contributed by atoms with E-state index in [1.165, 1.54) is 17.3 Å². The largest absolute Gasteiger partial charge is 0.476 e. The van der Waals surface area contributed by atoms with E-state index in [1.54, 1.807) is 0 Å². The molecule has 0 amide bonds. The third-order valence-corrected chi connectivity index (χ3v) is 4.83. The van der Waals surface area contributed by atoms with Gasteiger partial charge >= 0.3 is 5.97 Å². The van der Waals surface area contributed by atoms with Crippen LogP contribution < -0.4 is 0 Å². The van der Waals surface area contributed by atoms with Gasteiger partial charge in [0, 0.05) is 5.25 Å². The molecule has 0 aliphatic heterocycles. The third kappa shape index (κ3) is 2.76. The van der Waals surface area contributed by atoms with E-state index in [0.29, 0.717) is 21.8 Å². The lowest BCUT2D eigenvalue weighted by molar-refractivity contribution is 0.0686. The van der Waals surface area contributed by atoms with Crippen molar-refractivity contribution >= 4 is 17.7 Å². The second kappa shape index (κ2) is 5.58. The van der Waals surface area contributed by atoms with Gasteiger partial charge < -0.3 is 5.11 Å². The molecule has 0 unspecified atom stereocenters. The summed E-state index contributed by atoms with van der Waals surface area (Å²) in [6.45, 7) is 0. The molecular formula is C14H12N4O2S. The van der Waals surface area contributed by atoms with Crippen molar-refractivity contribution in [2.75, 3.05) is 0 Å². The summed E-state index contributed by atoms with van der Waals surface area (Å²) >= 11 is 1.46. The minimum Gasteiger partial charge on any atom is -0.476 e. The van der Waals surface area contributed by atoms with Crippen molar-refractivity contribution in [1.82, 2.24) is 15.4 Å². The molecule has 1 aliphatic carbocycles. The number of nitrogens with zero attached hydrogens (tertiary/aromatic N) is 3. The number of carbonyl (C=O) groups is 1. The number of aromatic carboxylic acids is 1. The average molecular weight is 300 g/mol. The molecule has 2 N–H and O–H groups in total. The van der Waals surface area contributed by atoms with E-state index in [9.17, 15) is 4.79 Å². The second-order valence-corrected chi connectivity index (χ2v) is 6.21. The molecule has 0 atom stereocenters. The van der Waals surface area contributed by atoms with E-state index in [4.69, 9.17) is 10.4 Å². The molecule has 0 bridgehead atoms. The van der Waals surface area contributed by atoms with Crippen LogP contribution in [0.5, 0.6) is 0 Å². The number of aromatic amines is 1. The predicted octanol–water partition coefficient (Wildman–Crippen LogP) is 2.41. The molecule has 1 aromatic heterocycles. The van der Waals surface area contributed by atoms with Crippen LogP contribution in [0.4, 0.5) is 0 Å². The lowest BCUT2D eigenvalue weighted by Gasteiger charge is -2.34. The maximum Gasteiger partial charge on any atom is 0.359 e. The maximum atomic E-state index is 11.0. The van der Waals surface area contributed by atoms with Gasteiger partial charge in [0.25, 0.3) is 0 Å². The highest BCUT2D eigenvalue weighted by Crippen LogP contribution is 2.45. The molecule has 3 rings (SSSR count). The number of aromatic nitrogens is 3. The van der Waals surface area contributed by atoms with Crippen molar-refractivity contribution < 1.29 is 9.90 Å². The van der Waals surface area contributed by atoms with Crippen molar-refractivity contribution in [3.8, 4) is 6.07 Å². The summed E-state index contributed by atoms with van der Waals surface area (Å²) in [4.78, 5) is 11.0. The van der Waals surface area contributed by atoms with Crippen LogP contribution in [-0.2, 0) is 0 Å². The first kappa shape index (κ1) is 13.6. The molecule has 1 saturated carbocycles. The Morgan fingerprint density at radius 1 is 1.33 bits per heavy atom. The van der Waals surface area contributed by atoms with Gasteiger partial charge in [0.1, 0.15) is 0 Å². The molecule has 1 heterocycles. The zero-order valence-corrected chi connectivity index (χ0v) is 11.8. The van der Waals surface area contributed by atoms with Gasteiger partial charge in [-0.2, -0.15) is 10.5 Å². The molecule has 7 heteroatoms. The molecule has 0 saturated heterocycles. The topological polar surface area (TPSA) is 103 Å². The van der Waals surface area contributed by atoms with Gasteiger partial charge in [-0.15, -0.1) is 10.2 Å². The molecule has 106 valence electrons. The Bertz CT molecular complexity index is 699. The fraction of sp³-hybridized carbons (Fsp3) is 0.286. The zero-order chi connectivity index (χ0) is 14.8. The highest BCUT2D eigenvalue weighted by molar-refractivity contribution is 8.00. The normalized spacial score (nSPS) is 20.5. The van der Waals surface area contributed by atoms with E-state index in [0.717, 1.165) is 12.8 Å². The average Bonchev–Trinajstić information content (AvgIpc) is 2.91. The fourth-order valence-corrected chi connectivity index (χ4v) is 3.68. The summed E-state index contributed by atoms with van der Waals surface area (Å²) in [5.74, 6) is -0.593. The second-order valence-electron chi connectivity index (χ2n) is 4.92. The summed E-state index contributed by atoms with van der Waals surface area (Å²) in [5.41, 5.74) is 1.88. The number of hydrogen-bond acceptors (Lipinski definition) is 5. The van der Waals surface area contributed by atoms with Crippen LogP contribution in [0.15, 0.2) is 29.3 Å². The van der Waals surface area contributed by atoms with Crippen LogP contribution in [0, 0.1) is 11.3 Å². The summed E-state index contributed by atoms with van der Waals surface area (Å²) < 4.78 is 0. The molecule has 0 spiro atoms. The van der Waals surface area contributed by atoms with Gasteiger partial charge in [-0.1, -0.05) is 23.9 Å². The van der Waals surface area contributed by atoms with Crippen LogP contribution >= 0.6 is 11.8 Å². The van der Waals surface area contributed by atoms with Gasteiger partial charge in [0.2, 0.25) is 5.69 Å². The van der Waals surface area contributed by atoms with Crippen LogP contribution in [0.1, 0.15) is 40.4 Å². The molecule has 1 aromatic carbocycles. The Morgan fingerprint density at radius 2 is 2.05 bits per heavy atom. The molecule has 0 radical (unpaired) electrons. The van der Waals surface area contributed by atoms with Crippen molar-refractivity contribution in [2.45, 2.75) is 29.0 Å². The minimum atomic E-state index is -1.06. The lowest BCUT2D eigenvalue weighted by atomic mass is 9.79. The summed E-state index contributed by atoms with van der Waals surface area (Å²) in [6, 6.07) is 9.74. The Hall–Kier alpha value is -2.33. The number of hydrogen-bond donors (Lipinski definition) is 2. The molecule has 1 aliphatic rings. The number of rotatable bonds is 4.